The van der Waals surface area contributed by atoms with Crippen molar-refractivity contribution in [3.8, 4) is 5.75 Å². The van der Waals surface area contributed by atoms with Crippen LogP contribution >= 0.6 is 0 Å². The normalized spacial score (nSPS) is 30.5. The number of Topliss-reactive ketones (excluding diaryl/α,β-unsaturated/α-hetero) is 1. The number of fused-ring (bicyclic) bond motifs is 1. The Morgan fingerprint density at radius 2 is 2.14 bits per heavy atom. The van der Waals surface area contributed by atoms with Gasteiger partial charge in [-0.15, -0.1) is 0 Å². The fourth-order valence-electron chi connectivity index (χ4n) is 5.90. The van der Waals surface area contributed by atoms with Crippen LogP contribution in [0.4, 0.5) is 4.79 Å². The van der Waals surface area contributed by atoms with E-state index < -0.39 is 7.04 Å². The number of benzene rings is 1. The van der Waals surface area contributed by atoms with Crippen LogP contribution in [0.15, 0.2) is 24.3 Å². The molecule has 29 heavy (non-hydrogen) atoms. The molecule has 4 aliphatic rings. The van der Waals surface area contributed by atoms with E-state index in [1.807, 2.05) is 21.9 Å². The molecule has 1 spiro atoms. The Labute approximate surface area is 176 Å². The maximum absolute atomic E-state index is 13.0. The highest BCUT2D eigenvalue weighted by Gasteiger charge is 2.54. The average molecular weight is 405 g/mol. The summed E-state index contributed by atoms with van der Waals surface area (Å²) in [7, 11) is -2.45. The number of methoxy groups -OCH3 is 1. The van der Waals surface area contributed by atoms with Crippen molar-refractivity contribution in [2.45, 2.75) is 38.2 Å². The Morgan fingerprint density at radius 1 is 1.31 bits per heavy atom. The third-order valence-electron chi connectivity index (χ3n) is 7.24. The van der Waals surface area contributed by atoms with Gasteiger partial charge in [0.15, 0.2) is 5.78 Å². The smallest absolute Gasteiger partial charge is 0.320 e. The van der Waals surface area contributed by atoms with Crippen LogP contribution in [-0.4, -0.2) is 67.5 Å². The Morgan fingerprint density at radius 3 is 2.97 bits per heavy atom. The molecule has 0 radical (unpaired) electrons. The van der Waals surface area contributed by atoms with Crippen molar-refractivity contribution in [3.05, 3.63) is 29.8 Å². The predicted molar refractivity (Wildman–Crippen MR) is 108 cm³/mol. The van der Waals surface area contributed by atoms with Crippen molar-refractivity contribution < 1.29 is 23.2 Å². The highest BCUT2D eigenvalue weighted by atomic mass is 16.5. The van der Waals surface area contributed by atoms with Crippen molar-refractivity contribution in [3.63, 3.8) is 0 Å². The van der Waals surface area contributed by atoms with E-state index in [0.717, 1.165) is 44.3 Å². The number of rotatable bonds is 3. The maximum atomic E-state index is 13.0. The number of carbonyl (C=O) groups excluding carboxylic acids is 2. The van der Waals surface area contributed by atoms with Crippen LogP contribution in [0, 0.1) is 17.3 Å². The second-order valence-electron chi connectivity index (χ2n) is 9.41. The van der Waals surface area contributed by atoms with E-state index in [4.69, 9.17) is 13.6 Å². The van der Waals surface area contributed by atoms with Gasteiger partial charge in [-0.3, -0.25) is 4.79 Å². The van der Waals surface area contributed by atoms with Gasteiger partial charge in [0.05, 0.1) is 17.3 Å². The Balaban J connectivity index is 1.10. The molecule has 1 aromatic carbocycles. The molecule has 3 saturated heterocycles. The van der Waals surface area contributed by atoms with E-state index in [1.54, 1.807) is 12.1 Å². The van der Waals surface area contributed by atoms with Crippen molar-refractivity contribution in [1.82, 2.24) is 9.80 Å². The molecule has 1 aliphatic carbocycles. The summed E-state index contributed by atoms with van der Waals surface area (Å²) in [4.78, 5) is 28.5. The lowest BCUT2D eigenvalue weighted by Crippen LogP contribution is -2.66. The second kappa shape index (κ2) is 7.31. The van der Waals surface area contributed by atoms with E-state index in [0.29, 0.717) is 31.2 Å². The zero-order chi connectivity index (χ0) is 22.5. The van der Waals surface area contributed by atoms with Crippen LogP contribution < -0.4 is 4.74 Å². The molecular weight excluding hydrogens is 368 g/mol. The molecule has 0 N–H and O–H groups in total. The van der Waals surface area contributed by atoms with Gasteiger partial charge >= 0.3 is 6.03 Å². The first-order chi connectivity index (χ1) is 15.2. The first kappa shape index (κ1) is 15.7. The standard InChI is InChI=1S/C23H30N2O4/c1-28-20-5-3-2-4-17(20)8-16-10-23(11-16)14-25(15-23)22(27)24-7-6-21-18(12-24)9-19(26)13-29-21/h2-5,16,18,21H,6-15H2,1H3/t18-,21+/m1/s1/i1T3. The number of urea groups is 1. The van der Waals surface area contributed by atoms with Gasteiger partial charge in [-0.25, -0.2) is 4.79 Å². The van der Waals surface area contributed by atoms with Gasteiger partial charge in [0, 0.05) is 43.9 Å². The number of piperidine rings is 1. The number of nitrogens with zero attached hydrogens (tertiary/aromatic N) is 2. The summed E-state index contributed by atoms with van der Waals surface area (Å²) in [5, 5.41) is 0. The first-order valence-electron chi connectivity index (χ1n) is 12.1. The van der Waals surface area contributed by atoms with Crippen LogP contribution in [0.2, 0.25) is 0 Å². The van der Waals surface area contributed by atoms with Crippen LogP contribution in [0.1, 0.15) is 35.4 Å². The van der Waals surface area contributed by atoms with Gasteiger partial charge in [-0.1, -0.05) is 18.2 Å². The summed E-state index contributed by atoms with van der Waals surface area (Å²) in [6.07, 6.45) is 4.34. The van der Waals surface area contributed by atoms with Crippen LogP contribution in [0.25, 0.3) is 0 Å². The number of ketones is 1. The van der Waals surface area contributed by atoms with Crippen molar-refractivity contribution in [2.75, 3.05) is 39.8 Å². The predicted octanol–water partition coefficient (Wildman–Crippen LogP) is 2.75. The van der Waals surface area contributed by atoms with E-state index in [-0.39, 0.29) is 35.9 Å². The molecule has 0 unspecified atom stereocenters. The topological polar surface area (TPSA) is 59.1 Å². The molecule has 3 aliphatic heterocycles. The Bertz CT molecular complexity index is 891. The Kier molecular flexibility index (Phi) is 3.96. The van der Waals surface area contributed by atoms with Crippen LogP contribution in [0.5, 0.6) is 5.75 Å². The van der Waals surface area contributed by atoms with Crippen LogP contribution in [0.3, 0.4) is 0 Å². The molecule has 1 aromatic rings. The lowest BCUT2D eigenvalue weighted by molar-refractivity contribution is -0.140. The third kappa shape index (κ3) is 3.52. The zero-order valence-corrected chi connectivity index (χ0v) is 16.6. The molecule has 4 fully saturated rings. The number of ether oxygens (including phenoxy) is 2. The molecule has 2 atom stereocenters. The van der Waals surface area contributed by atoms with Crippen molar-refractivity contribution in [2.24, 2.45) is 17.3 Å². The largest absolute Gasteiger partial charge is 0.496 e. The van der Waals surface area contributed by atoms with E-state index in [9.17, 15) is 9.59 Å². The molecular formula is C23H30N2O4. The van der Waals surface area contributed by atoms with Gasteiger partial charge < -0.3 is 19.3 Å². The number of amides is 2. The van der Waals surface area contributed by atoms with Gasteiger partial charge in [-0.05, 0) is 43.2 Å². The summed E-state index contributed by atoms with van der Waals surface area (Å²) < 4.78 is 32.9. The molecule has 0 bridgehead atoms. The van der Waals surface area contributed by atoms with Crippen molar-refractivity contribution in [1.29, 1.82) is 0 Å². The molecule has 0 aromatic heterocycles. The minimum atomic E-state index is -2.45. The SMILES string of the molecule is [3H]C([3H])([3H])Oc1ccccc1CC1CC2(C1)CN(C(=O)N1CC[C@@H]3OCC(=O)C[C@@H]3C1)C2. The highest BCUT2D eigenvalue weighted by molar-refractivity contribution is 5.81. The Hall–Kier alpha value is -2.08. The maximum Gasteiger partial charge on any atom is 0.320 e. The number of likely N-dealkylation sites (tertiary alicyclic amines) is 2. The van der Waals surface area contributed by atoms with Gasteiger partial charge in [0.1, 0.15) is 12.4 Å². The summed E-state index contributed by atoms with van der Waals surface area (Å²) >= 11 is 0. The summed E-state index contributed by atoms with van der Waals surface area (Å²) in [5.41, 5.74) is 1.14. The fourth-order valence-corrected chi connectivity index (χ4v) is 5.90. The molecule has 2 amide bonds. The summed E-state index contributed by atoms with van der Waals surface area (Å²) in [6.45, 7) is 3.10. The molecule has 156 valence electrons. The minimum absolute atomic E-state index is 0.0898. The first-order valence-corrected chi connectivity index (χ1v) is 10.6. The third-order valence-corrected chi connectivity index (χ3v) is 7.24. The average Bonchev–Trinajstić information content (AvgIpc) is 2.67. The summed E-state index contributed by atoms with van der Waals surface area (Å²) in [6, 6.07) is 7.45. The number of para-hydroxylation sites is 1. The van der Waals surface area contributed by atoms with Gasteiger partial charge in [-0.2, -0.15) is 0 Å². The molecule has 6 heteroatoms. The molecule has 3 heterocycles. The molecule has 5 rings (SSSR count). The number of carbonyl (C=O) groups is 2. The molecule has 1 saturated carbocycles. The lowest BCUT2D eigenvalue weighted by Gasteiger charge is -2.60. The second-order valence-corrected chi connectivity index (χ2v) is 9.41. The van der Waals surface area contributed by atoms with Crippen molar-refractivity contribution >= 4 is 11.8 Å². The number of hydrogen-bond acceptors (Lipinski definition) is 4. The fraction of sp³-hybridized carbons (Fsp3) is 0.652. The summed E-state index contributed by atoms with van der Waals surface area (Å²) in [5.74, 6) is 1.19. The van der Waals surface area contributed by atoms with E-state index >= 15 is 0 Å². The van der Waals surface area contributed by atoms with Gasteiger partial charge in [0.25, 0.3) is 0 Å². The minimum Gasteiger partial charge on any atom is -0.496 e. The molecule has 6 nitrogen and oxygen atoms in total. The highest BCUT2D eigenvalue weighted by Crippen LogP contribution is 2.53. The zero-order valence-electron chi connectivity index (χ0n) is 19.6. The van der Waals surface area contributed by atoms with Gasteiger partial charge in [0.2, 0.25) is 0 Å². The van der Waals surface area contributed by atoms with E-state index in [1.165, 1.54) is 0 Å². The van der Waals surface area contributed by atoms with Crippen LogP contribution in [-0.2, 0) is 16.0 Å². The quantitative estimate of drug-likeness (QED) is 0.777. The lowest BCUT2D eigenvalue weighted by atomic mass is 9.56. The van der Waals surface area contributed by atoms with E-state index in [2.05, 4.69) is 0 Å². The monoisotopic (exact) mass is 404 g/mol. The number of hydrogen-bond donors (Lipinski definition) is 0.